The van der Waals surface area contributed by atoms with Gasteiger partial charge in [-0.1, -0.05) is 44.2 Å². The number of amides is 4. The van der Waals surface area contributed by atoms with E-state index >= 15 is 0 Å². The van der Waals surface area contributed by atoms with Crippen LogP contribution in [-0.2, 0) is 29.1 Å². The molecule has 262 valence electrons. The Morgan fingerprint density at radius 1 is 1.02 bits per heavy atom. The average molecular weight is 699 g/mol. The molecule has 3 heterocycles. The lowest BCUT2D eigenvalue weighted by Gasteiger charge is -2.43. The number of benzene rings is 1. The summed E-state index contributed by atoms with van der Waals surface area (Å²) in [5, 5.41) is 20.9. The third-order valence-corrected chi connectivity index (χ3v) is 9.73. The van der Waals surface area contributed by atoms with Crippen LogP contribution in [-0.4, -0.2) is 111 Å². The fourth-order valence-corrected chi connectivity index (χ4v) is 6.96. The molecule has 12 nitrogen and oxygen atoms in total. The van der Waals surface area contributed by atoms with Crippen LogP contribution in [0.25, 0.3) is 0 Å². The van der Waals surface area contributed by atoms with Crippen LogP contribution in [0.1, 0.15) is 49.9 Å². The van der Waals surface area contributed by atoms with Crippen molar-refractivity contribution in [3.63, 3.8) is 0 Å². The third-order valence-electron chi connectivity index (χ3n) is 8.20. The molecular weight excluding hydrogens is 649 g/mol. The highest BCUT2D eigenvalue weighted by Crippen LogP contribution is 2.19. The Morgan fingerprint density at radius 2 is 1.69 bits per heavy atom. The number of rotatable bonds is 14. The molecular formula is C34H50N8O4S2. The smallest absolute Gasteiger partial charge is 0.318 e. The van der Waals surface area contributed by atoms with Crippen molar-refractivity contribution in [2.24, 2.45) is 5.92 Å². The fraction of sp³-hybridized carbons (Fsp3) is 0.559. The van der Waals surface area contributed by atoms with Gasteiger partial charge in [-0.15, -0.1) is 22.7 Å². The molecule has 4 N–H and O–H groups in total. The predicted molar refractivity (Wildman–Crippen MR) is 189 cm³/mol. The molecule has 2 aromatic heterocycles. The van der Waals surface area contributed by atoms with E-state index in [0.717, 1.165) is 21.9 Å². The Labute approximate surface area is 291 Å². The van der Waals surface area contributed by atoms with Crippen LogP contribution < -0.4 is 16.0 Å². The van der Waals surface area contributed by atoms with Crippen molar-refractivity contribution in [2.75, 3.05) is 33.2 Å². The molecule has 4 amide bonds. The molecule has 1 aliphatic rings. The highest BCUT2D eigenvalue weighted by molar-refractivity contribution is 7.09. The first kappa shape index (κ1) is 37.4. The van der Waals surface area contributed by atoms with Gasteiger partial charge in [0.15, 0.2) is 0 Å². The number of carbonyl (C=O) groups excluding carboxylic acids is 3. The van der Waals surface area contributed by atoms with Gasteiger partial charge in [-0.05, 0) is 38.7 Å². The number of carbonyl (C=O) groups is 3. The molecule has 48 heavy (non-hydrogen) atoms. The van der Waals surface area contributed by atoms with Crippen molar-refractivity contribution in [3.8, 4) is 0 Å². The third kappa shape index (κ3) is 11.3. The minimum atomic E-state index is -0.996. The van der Waals surface area contributed by atoms with E-state index in [1.54, 1.807) is 30.1 Å². The number of urea groups is 1. The summed E-state index contributed by atoms with van der Waals surface area (Å²) in [7, 11) is 1.68. The van der Waals surface area contributed by atoms with Crippen LogP contribution in [0, 0.1) is 5.92 Å². The number of hydrogen-bond acceptors (Lipinski definition) is 10. The van der Waals surface area contributed by atoms with Crippen molar-refractivity contribution in [1.29, 1.82) is 0 Å². The summed E-state index contributed by atoms with van der Waals surface area (Å²) >= 11 is 3.05. The van der Waals surface area contributed by atoms with Gasteiger partial charge in [0.05, 0.1) is 29.7 Å². The quantitative estimate of drug-likeness (QED) is 0.201. The van der Waals surface area contributed by atoms with E-state index < -0.39 is 29.8 Å². The van der Waals surface area contributed by atoms with Gasteiger partial charge < -0.3 is 26.0 Å². The van der Waals surface area contributed by atoms with Gasteiger partial charge in [0.2, 0.25) is 11.8 Å². The first-order valence-corrected chi connectivity index (χ1v) is 18.1. The van der Waals surface area contributed by atoms with Crippen LogP contribution in [0.3, 0.4) is 0 Å². The highest BCUT2D eigenvalue weighted by Gasteiger charge is 2.37. The summed E-state index contributed by atoms with van der Waals surface area (Å²) in [4.78, 5) is 56.7. The van der Waals surface area contributed by atoms with Gasteiger partial charge in [0.25, 0.3) is 0 Å². The fourth-order valence-electron chi connectivity index (χ4n) is 5.68. The van der Waals surface area contributed by atoms with Crippen molar-refractivity contribution >= 4 is 40.5 Å². The molecule has 4 rings (SSSR count). The highest BCUT2D eigenvalue weighted by atomic mass is 32.1. The van der Waals surface area contributed by atoms with E-state index in [1.165, 1.54) is 16.2 Å². The van der Waals surface area contributed by atoms with Crippen molar-refractivity contribution in [1.82, 2.24) is 40.6 Å². The van der Waals surface area contributed by atoms with E-state index in [-0.39, 0.29) is 30.3 Å². The van der Waals surface area contributed by atoms with Gasteiger partial charge in [0.1, 0.15) is 12.1 Å². The molecule has 0 saturated carbocycles. The van der Waals surface area contributed by atoms with Crippen molar-refractivity contribution < 1.29 is 19.5 Å². The monoisotopic (exact) mass is 698 g/mol. The van der Waals surface area contributed by atoms with Crippen LogP contribution in [0.5, 0.6) is 0 Å². The summed E-state index contributed by atoms with van der Waals surface area (Å²) in [5.74, 6) is -0.685. The Bertz CT molecular complexity index is 1430. The molecule has 3 aromatic rings. The molecule has 0 bridgehead atoms. The zero-order chi connectivity index (χ0) is 34.8. The topological polar surface area (TPSA) is 143 Å². The molecule has 1 aliphatic heterocycles. The number of nitrogens with zero attached hydrogens (tertiary/aromatic N) is 5. The Morgan fingerprint density at radius 3 is 2.29 bits per heavy atom. The number of thiazole rings is 2. The maximum atomic E-state index is 13.8. The molecule has 0 unspecified atom stereocenters. The van der Waals surface area contributed by atoms with Gasteiger partial charge in [-0.25, -0.2) is 4.79 Å². The number of hydrogen-bond donors (Lipinski definition) is 4. The number of piperazine rings is 1. The van der Waals surface area contributed by atoms with Crippen LogP contribution in [0.2, 0.25) is 0 Å². The van der Waals surface area contributed by atoms with Gasteiger partial charge in [0, 0.05) is 67.5 Å². The number of aliphatic hydroxyl groups is 1. The van der Waals surface area contributed by atoms with E-state index in [0.29, 0.717) is 32.6 Å². The zero-order valence-electron chi connectivity index (χ0n) is 28.8. The summed E-state index contributed by atoms with van der Waals surface area (Å²) in [6, 6.07) is 7.32. The summed E-state index contributed by atoms with van der Waals surface area (Å²) in [6.45, 7) is 12.7. The standard InChI is InChI=1S/C34H50N8O4S2/c1-23(2)30(38-33(46)40(6)17-25-15-35-21-47-25)32(45)37-27(14-24-10-8-7-9-11-24)29(43)20-42-13-12-41(18-26-16-36-22-48-26)19-28(42)31(44)39-34(3,4)5/h7-11,15-16,21-23,27-30,43H,12-14,17-20H2,1-6H3,(H,37,45)(H,38,46)(H,39,44)/t27-,28-,29+,30+/m0/s1. The van der Waals surface area contributed by atoms with Crippen molar-refractivity contribution in [3.05, 3.63) is 69.1 Å². The van der Waals surface area contributed by atoms with Gasteiger partial charge in [-0.2, -0.15) is 0 Å². The van der Waals surface area contributed by atoms with Crippen LogP contribution in [0.15, 0.2) is 53.7 Å². The summed E-state index contributed by atoms with van der Waals surface area (Å²) < 4.78 is 0. The zero-order valence-corrected chi connectivity index (χ0v) is 30.4. The number of aromatic nitrogens is 2. The second kappa shape index (κ2) is 17.3. The van der Waals surface area contributed by atoms with Crippen LogP contribution in [0.4, 0.5) is 4.79 Å². The SMILES string of the molecule is CC(C)[C@@H](NC(=O)N(C)Cc1cncs1)C(=O)N[C@@H](Cc1ccccc1)[C@H](O)CN1CCN(Cc2cncs2)C[C@H]1C(=O)NC(C)(C)C. The molecule has 4 atom stereocenters. The average Bonchev–Trinajstić information content (AvgIpc) is 3.74. The lowest BCUT2D eigenvalue weighted by Crippen LogP contribution is -2.63. The first-order valence-electron chi connectivity index (χ1n) is 16.4. The minimum Gasteiger partial charge on any atom is -0.390 e. The van der Waals surface area contributed by atoms with Crippen molar-refractivity contribution in [2.45, 2.75) is 83.9 Å². The molecule has 0 spiro atoms. The lowest BCUT2D eigenvalue weighted by atomic mass is 9.97. The molecule has 0 aliphatic carbocycles. The normalized spacial score (nSPS) is 17.8. The van der Waals surface area contributed by atoms with Gasteiger partial charge in [-0.3, -0.25) is 29.4 Å². The Hall–Kier alpha value is -3.43. The first-order chi connectivity index (χ1) is 22.8. The maximum Gasteiger partial charge on any atom is 0.318 e. The Balaban J connectivity index is 1.49. The molecule has 1 aromatic carbocycles. The van der Waals surface area contributed by atoms with Crippen LogP contribution >= 0.6 is 22.7 Å². The number of aliphatic hydroxyl groups excluding tert-OH is 1. The Kier molecular flexibility index (Phi) is 13.5. The molecule has 1 fully saturated rings. The van der Waals surface area contributed by atoms with Gasteiger partial charge >= 0.3 is 6.03 Å². The summed E-state index contributed by atoms with van der Waals surface area (Å²) in [6.07, 6.45) is 2.95. The number of β-amino-alcohol motifs (C(OH)–C–C–N with tert-alkyl or cyclic N) is 1. The molecule has 1 saturated heterocycles. The van der Waals surface area contributed by atoms with E-state index in [1.807, 2.05) is 81.6 Å². The second-order valence-corrected chi connectivity index (χ2v) is 15.8. The lowest BCUT2D eigenvalue weighted by molar-refractivity contribution is -0.132. The van der Waals surface area contributed by atoms with E-state index in [2.05, 4.69) is 30.8 Å². The maximum absolute atomic E-state index is 13.8. The van der Waals surface area contributed by atoms with E-state index in [4.69, 9.17) is 0 Å². The minimum absolute atomic E-state index is 0.0996. The largest absolute Gasteiger partial charge is 0.390 e. The van der Waals surface area contributed by atoms with E-state index in [9.17, 15) is 19.5 Å². The molecule has 0 radical (unpaired) electrons. The summed E-state index contributed by atoms with van der Waals surface area (Å²) in [5.41, 5.74) is 4.05. The second-order valence-electron chi connectivity index (χ2n) is 13.8. The number of nitrogens with one attached hydrogen (secondary N) is 3. The molecule has 14 heteroatoms. The predicted octanol–water partition coefficient (Wildman–Crippen LogP) is 2.96.